The molecule has 16 heavy (non-hydrogen) atoms. The molecule has 0 amide bonds. The molecule has 2 aromatic rings. The molecule has 1 aromatic carbocycles. The van der Waals surface area contributed by atoms with E-state index in [1.165, 1.54) is 10.4 Å². The second kappa shape index (κ2) is 4.72. The van der Waals surface area contributed by atoms with Crippen LogP contribution >= 0.6 is 11.3 Å². The molecule has 1 heterocycles. The number of hydrazone groups is 1. The fraction of sp³-hybridized carbons (Fsp3) is 0. The van der Waals surface area contributed by atoms with Crippen LogP contribution in [0.4, 0.5) is 0 Å². The summed E-state index contributed by atoms with van der Waals surface area (Å²) in [5.74, 6) is 5.19. The highest BCUT2D eigenvalue weighted by Gasteiger charge is 2.02. The third-order valence-corrected chi connectivity index (χ3v) is 3.18. The Hall–Kier alpha value is -1.94. The Labute approximate surface area is 97.7 Å². The summed E-state index contributed by atoms with van der Waals surface area (Å²) >= 11 is 1.70. The van der Waals surface area contributed by atoms with Gasteiger partial charge in [-0.15, -0.1) is 11.3 Å². The lowest BCUT2D eigenvalue weighted by atomic mass is 10.1. The quantitative estimate of drug-likeness (QED) is 0.474. The maximum Gasteiger partial charge on any atom is 0.107 e. The van der Waals surface area contributed by atoms with E-state index >= 15 is 0 Å². The van der Waals surface area contributed by atoms with Crippen LogP contribution in [0.1, 0.15) is 5.56 Å². The molecule has 0 atom stereocenters. The van der Waals surface area contributed by atoms with E-state index in [0.717, 1.165) is 11.8 Å². The number of nitrogens with two attached hydrogens (primary N) is 1. The van der Waals surface area contributed by atoms with Crippen molar-refractivity contribution in [1.29, 1.82) is 5.41 Å². The summed E-state index contributed by atoms with van der Waals surface area (Å²) < 4.78 is 0. The van der Waals surface area contributed by atoms with Crippen LogP contribution in [0.3, 0.4) is 0 Å². The molecule has 1 aromatic heterocycles. The lowest BCUT2D eigenvalue weighted by Crippen LogP contribution is -2.04. The molecule has 0 spiro atoms. The van der Waals surface area contributed by atoms with Crippen molar-refractivity contribution in [3.8, 4) is 10.4 Å². The fourth-order valence-corrected chi connectivity index (χ4v) is 2.18. The Balaban J connectivity index is 2.33. The van der Waals surface area contributed by atoms with Gasteiger partial charge in [0.2, 0.25) is 0 Å². The van der Waals surface area contributed by atoms with Crippen LogP contribution in [-0.4, -0.2) is 11.9 Å². The molecule has 3 nitrogen and oxygen atoms in total. The van der Waals surface area contributed by atoms with Crippen molar-refractivity contribution in [2.75, 3.05) is 0 Å². The van der Waals surface area contributed by atoms with E-state index in [9.17, 15) is 0 Å². The predicted octanol–water partition coefficient (Wildman–Crippen LogP) is 2.73. The molecule has 3 N–H and O–H groups in total. The van der Waals surface area contributed by atoms with Crippen LogP contribution in [-0.2, 0) is 0 Å². The van der Waals surface area contributed by atoms with Crippen molar-refractivity contribution >= 4 is 23.3 Å². The number of hydrogen-bond donors (Lipinski definition) is 2. The molecule has 80 valence electrons. The largest absolute Gasteiger partial charge is 0.323 e. The summed E-state index contributed by atoms with van der Waals surface area (Å²) in [4.78, 5) is 1.23. The van der Waals surface area contributed by atoms with E-state index < -0.39 is 0 Å². The van der Waals surface area contributed by atoms with Crippen molar-refractivity contribution in [3.63, 3.8) is 0 Å². The van der Waals surface area contributed by atoms with Crippen molar-refractivity contribution in [1.82, 2.24) is 0 Å². The number of benzene rings is 1. The molecule has 0 bridgehead atoms. The van der Waals surface area contributed by atoms with Gasteiger partial charge in [0, 0.05) is 16.7 Å². The molecule has 2 rings (SSSR count). The number of thiophene rings is 1. The monoisotopic (exact) mass is 229 g/mol. The Morgan fingerprint density at radius 2 is 2.00 bits per heavy atom. The minimum absolute atomic E-state index is 0.484. The minimum atomic E-state index is 0.484. The van der Waals surface area contributed by atoms with Crippen LogP contribution in [0.25, 0.3) is 10.4 Å². The minimum Gasteiger partial charge on any atom is -0.323 e. The van der Waals surface area contributed by atoms with Crippen molar-refractivity contribution in [3.05, 3.63) is 47.3 Å². The van der Waals surface area contributed by atoms with Gasteiger partial charge < -0.3 is 11.3 Å². The highest BCUT2D eigenvalue weighted by molar-refractivity contribution is 7.13. The van der Waals surface area contributed by atoms with Crippen LogP contribution in [0.2, 0.25) is 0 Å². The van der Waals surface area contributed by atoms with Crippen molar-refractivity contribution in [2.45, 2.75) is 0 Å². The van der Waals surface area contributed by atoms with Gasteiger partial charge in [-0.2, -0.15) is 5.10 Å². The standard InChI is InChI=1S/C12H11N3S/c13-8-11(15-14)9-3-5-10(6-4-9)12-2-1-7-16-12/h1-8,13H,14H2. The molecule has 0 aliphatic heterocycles. The van der Waals surface area contributed by atoms with E-state index in [-0.39, 0.29) is 0 Å². The van der Waals surface area contributed by atoms with Crippen molar-refractivity contribution in [2.24, 2.45) is 10.9 Å². The van der Waals surface area contributed by atoms with Gasteiger partial charge in [0.15, 0.2) is 0 Å². The molecule has 0 unspecified atom stereocenters. The van der Waals surface area contributed by atoms with Crippen LogP contribution in [0.15, 0.2) is 46.9 Å². The van der Waals surface area contributed by atoms with Crippen molar-refractivity contribution < 1.29 is 0 Å². The van der Waals surface area contributed by atoms with E-state index in [1.54, 1.807) is 11.3 Å². The Morgan fingerprint density at radius 1 is 1.25 bits per heavy atom. The number of nitrogens with zero attached hydrogens (tertiary/aromatic N) is 1. The molecule has 0 fully saturated rings. The molecule has 4 heteroatoms. The zero-order valence-electron chi connectivity index (χ0n) is 8.55. The molecule has 0 aliphatic carbocycles. The third kappa shape index (κ3) is 2.01. The van der Waals surface area contributed by atoms with Gasteiger partial charge in [-0.3, -0.25) is 0 Å². The van der Waals surface area contributed by atoms with E-state index in [2.05, 4.69) is 11.2 Å². The molecular formula is C12H11N3S. The number of rotatable bonds is 3. The summed E-state index contributed by atoms with van der Waals surface area (Å²) in [5, 5.41) is 12.8. The zero-order valence-corrected chi connectivity index (χ0v) is 9.37. The highest BCUT2D eigenvalue weighted by Crippen LogP contribution is 2.24. The smallest absolute Gasteiger partial charge is 0.107 e. The van der Waals surface area contributed by atoms with Crippen LogP contribution in [0, 0.1) is 5.41 Å². The lowest BCUT2D eigenvalue weighted by Gasteiger charge is -2.01. The highest BCUT2D eigenvalue weighted by atomic mass is 32.1. The second-order valence-corrected chi connectivity index (χ2v) is 4.16. The van der Waals surface area contributed by atoms with Gasteiger partial charge in [0.1, 0.15) is 5.71 Å². The lowest BCUT2D eigenvalue weighted by molar-refractivity contribution is 1.25. The third-order valence-electron chi connectivity index (χ3n) is 2.26. The molecule has 0 radical (unpaired) electrons. The van der Waals surface area contributed by atoms with Gasteiger partial charge in [-0.1, -0.05) is 30.3 Å². The zero-order chi connectivity index (χ0) is 11.4. The van der Waals surface area contributed by atoms with Gasteiger partial charge >= 0.3 is 0 Å². The first-order valence-electron chi connectivity index (χ1n) is 4.78. The number of nitrogens with one attached hydrogen (secondary N) is 1. The van der Waals surface area contributed by atoms with E-state index in [1.807, 2.05) is 35.7 Å². The maximum atomic E-state index is 7.16. The average molecular weight is 229 g/mol. The first-order chi connectivity index (χ1) is 7.85. The first kappa shape index (κ1) is 10.6. The summed E-state index contributed by atoms with van der Waals surface area (Å²) in [7, 11) is 0. The second-order valence-electron chi connectivity index (χ2n) is 3.21. The molecule has 0 aliphatic rings. The number of hydrogen-bond acceptors (Lipinski definition) is 4. The Morgan fingerprint density at radius 3 is 2.50 bits per heavy atom. The Kier molecular flexibility index (Phi) is 3.12. The normalized spacial score (nSPS) is 11.4. The van der Waals surface area contributed by atoms with Gasteiger partial charge in [-0.05, 0) is 17.0 Å². The van der Waals surface area contributed by atoms with Gasteiger partial charge in [0.05, 0.1) is 0 Å². The maximum absolute atomic E-state index is 7.16. The first-order valence-corrected chi connectivity index (χ1v) is 5.66. The fourth-order valence-electron chi connectivity index (χ4n) is 1.44. The summed E-state index contributed by atoms with van der Waals surface area (Å²) in [6, 6.07) is 12.0. The van der Waals surface area contributed by atoms with Gasteiger partial charge in [-0.25, -0.2) is 0 Å². The van der Waals surface area contributed by atoms with Gasteiger partial charge in [0.25, 0.3) is 0 Å². The molecule has 0 saturated heterocycles. The SMILES string of the molecule is N=CC(=NN)c1ccc(-c2cccs2)cc1. The summed E-state index contributed by atoms with van der Waals surface area (Å²) in [5.41, 5.74) is 2.51. The summed E-state index contributed by atoms with van der Waals surface area (Å²) in [6.45, 7) is 0. The Bertz CT molecular complexity index is 498. The van der Waals surface area contributed by atoms with Crippen LogP contribution in [0.5, 0.6) is 0 Å². The van der Waals surface area contributed by atoms with E-state index in [4.69, 9.17) is 11.3 Å². The molecular weight excluding hydrogens is 218 g/mol. The summed E-state index contributed by atoms with van der Waals surface area (Å²) in [6.07, 6.45) is 1.15. The van der Waals surface area contributed by atoms with E-state index in [0.29, 0.717) is 5.71 Å². The van der Waals surface area contributed by atoms with Crippen LogP contribution < -0.4 is 5.84 Å². The molecule has 0 saturated carbocycles. The topological polar surface area (TPSA) is 62.2 Å². The predicted molar refractivity (Wildman–Crippen MR) is 69.3 cm³/mol. The average Bonchev–Trinajstić information content (AvgIpc) is 2.85.